The second-order valence-electron chi connectivity index (χ2n) is 4.59. The van der Waals surface area contributed by atoms with Crippen LogP contribution < -0.4 is 0 Å². The number of hydrogen-bond donors (Lipinski definition) is 1. The molecule has 0 fully saturated rings. The number of aromatic nitrogens is 1. The summed E-state index contributed by atoms with van der Waals surface area (Å²) in [6.07, 6.45) is 4.98. The number of aromatic amines is 1. The number of hydrogen-bond acceptors (Lipinski definition) is 1. The van der Waals surface area contributed by atoms with E-state index in [-0.39, 0.29) is 11.7 Å². The Morgan fingerprint density at radius 1 is 1.18 bits per heavy atom. The molecule has 1 aliphatic carbocycles. The van der Waals surface area contributed by atoms with Gasteiger partial charge >= 0.3 is 0 Å². The van der Waals surface area contributed by atoms with Gasteiger partial charge in [-0.15, -0.1) is 0 Å². The second-order valence-corrected chi connectivity index (χ2v) is 4.59. The fraction of sp³-hybridized carbons (Fsp3) is 0.267. The standard InChI is InChI=1S/C15H15NO/c17-15(14-9-4-10-16-14)13-8-3-6-11-5-1-2-7-12(11)13/h1-2,4-5,7,9-10,13,16H,3,6,8H2. The van der Waals surface area contributed by atoms with Crippen LogP contribution in [-0.4, -0.2) is 10.8 Å². The normalized spacial score (nSPS) is 18.7. The third-order valence-corrected chi connectivity index (χ3v) is 3.55. The van der Waals surface area contributed by atoms with Crippen molar-refractivity contribution in [2.45, 2.75) is 25.2 Å². The van der Waals surface area contributed by atoms with Gasteiger partial charge in [0.05, 0.1) is 5.69 Å². The van der Waals surface area contributed by atoms with Gasteiger partial charge in [0.1, 0.15) is 0 Å². The molecule has 2 heteroatoms. The van der Waals surface area contributed by atoms with E-state index in [2.05, 4.69) is 23.2 Å². The predicted molar refractivity (Wildman–Crippen MR) is 67.2 cm³/mol. The lowest BCUT2D eigenvalue weighted by Gasteiger charge is -2.23. The molecule has 3 rings (SSSR count). The van der Waals surface area contributed by atoms with Crippen LogP contribution in [0.3, 0.4) is 0 Å². The van der Waals surface area contributed by atoms with Gasteiger partial charge in [0.2, 0.25) is 0 Å². The molecule has 1 atom stereocenters. The molecule has 0 saturated heterocycles. The number of rotatable bonds is 2. The van der Waals surface area contributed by atoms with Gasteiger partial charge in [-0.3, -0.25) is 4.79 Å². The first kappa shape index (κ1) is 10.3. The van der Waals surface area contributed by atoms with Crippen molar-refractivity contribution in [1.82, 2.24) is 4.98 Å². The van der Waals surface area contributed by atoms with Crippen LogP contribution in [-0.2, 0) is 6.42 Å². The Hall–Kier alpha value is -1.83. The summed E-state index contributed by atoms with van der Waals surface area (Å²) >= 11 is 0. The molecule has 0 spiro atoms. The van der Waals surface area contributed by atoms with Crippen molar-refractivity contribution in [2.24, 2.45) is 0 Å². The molecule has 1 aromatic carbocycles. The van der Waals surface area contributed by atoms with Crippen molar-refractivity contribution >= 4 is 5.78 Å². The largest absolute Gasteiger partial charge is 0.359 e. The number of H-pyrrole nitrogens is 1. The highest BCUT2D eigenvalue weighted by atomic mass is 16.1. The number of nitrogens with one attached hydrogen (secondary N) is 1. The SMILES string of the molecule is O=C(c1ccc[nH]1)C1CCCc2ccccc21. The maximum Gasteiger partial charge on any atom is 0.186 e. The molecule has 86 valence electrons. The molecular formula is C15H15NO. The van der Waals surface area contributed by atoms with E-state index in [0.717, 1.165) is 25.0 Å². The number of fused-ring (bicyclic) bond motifs is 1. The smallest absolute Gasteiger partial charge is 0.186 e. The molecular weight excluding hydrogens is 210 g/mol. The molecule has 1 aliphatic rings. The number of aryl methyl sites for hydroxylation is 1. The lowest BCUT2D eigenvalue weighted by Crippen LogP contribution is -2.18. The van der Waals surface area contributed by atoms with Crippen molar-refractivity contribution in [1.29, 1.82) is 0 Å². The van der Waals surface area contributed by atoms with Crippen molar-refractivity contribution in [3.05, 3.63) is 59.4 Å². The molecule has 0 amide bonds. The number of ketones is 1. The van der Waals surface area contributed by atoms with Gasteiger partial charge in [0.25, 0.3) is 0 Å². The van der Waals surface area contributed by atoms with E-state index in [1.54, 1.807) is 0 Å². The van der Waals surface area contributed by atoms with Crippen LogP contribution in [0.2, 0.25) is 0 Å². The van der Waals surface area contributed by atoms with Gasteiger partial charge in [0, 0.05) is 12.1 Å². The number of Topliss-reactive ketones (excluding diaryl/α,β-unsaturated/α-hetero) is 1. The molecule has 1 N–H and O–H groups in total. The van der Waals surface area contributed by atoms with Crippen LogP contribution in [0, 0.1) is 0 Å². The average Bonchev–Trinajstić information content (AvgIpc) is 2.91. The van der Waals surface area contributed by atoms with E-state index >= 15 is 0 Å². The highest BCUT2D eigenvalue weighted by molar-refractivity contribution is 5.99. The minimum atomic E-state index is 0.0404. The van der Waals surface area contributed by atoms with Crippen molar-refractivity contribution < 1.29 is 4.79 Å². The average molecular weight is 225 g/mol. The maximum absolute atomic E-state index is 12.4. The molecule has 1 unspecified atom stereocenters. The maximum atomic E-state index is 12.4. The van der Waals surface area contributed by atoms with Crippen LogP contribution in [0.25, 0.3) is 0 Å². The van der Waals surface area contributed by atoms with Gasteiger partial charge in [0.15, 0.2) is 5.78 Å². The van der Waals surface area contributed by atoms with E-state index in [0.29, 0.717) is 0 Å². The van der Waals surface area contributed by atoms with E-state index in [4.69, 9.17) is 0 Å². The number of carbonyl (C=O) groups excluding carboxylic acids is 1. The zero-order chi connectivity index (χ0) is 11.7. The predicted octanol–water partition coefficient (Wildman–Crippen LogP) is 3.32. The second kappa shape index (κ2) is 4.21. The lowest BCUT2D eigenvalue weighted by atomic mass is 9.80. The Balaban J connectivity index is 1.98. The van der Waals surface area contributed by atoms with Gasteiger partial charge in [-0.2, -0.15) is 0 Å². The zero-order valence-electron chi connectivity index (χ0n) is 9.65. The van der Waals surface area contributed by atoms with Crippen molar-refractivity contribution in [2.75, 3.05) is 0 Å². The summed E-state index contributed by atoms with van der Waals surface area (Å²) in [5.74, 6) is 0.265. The Bertz CT molecular complexity index is 528. The van der Waals surface area contributed by atoms with Crippen molar-refractivity contribution in [3.63, 3.8) is 0 Å². The quantitative estimate of drug-likeness (QED) is 0.781. The molecule has 0 aliphatic heterocycles. The first-order valence-electron chi connectivity index (χ1n) is 6.11. The van der Waals surface area contributed by atoms with Gasteiger partial charge < -0.3 is 4.98 Å². The number of carbonyl (C=O) groups is 1. The summed E-state index contributed by atoms with van der Waals surface area (Å²) in [4.78, 5) is 15.4. The van der Waals surface area contributed by atoms with Crippen LogP contribution >= 0.6 is 0 Å². The fourth-order valence-corrected chi connectivity index (χ4v) is 2.70. The van der Waals surface area contributed by atoms with Crippen LogP contribution in [0.4, 0.5) is 0 Å². The summed E-state index contributed by atoms with van der Waals surface area (Å²) < 4.78 is 0. The molecule has 17 heavy (non-hydrogen) atoms. The highest BCUT2D eigenvalue weighted by Gasteiger charge is 2.27. The van der Waals surface area contributed by atoms with Crippen LogP contribution in [0.15, 0.2) is 42.6 Å². The monoisotopic (exact) mass is 225 g/mol. The molecule has 2 aromatic rings. The van der Waals surface area contributed by atoms with Crippen molar-refractivity contribution in [3.8, 4) is 0 Å². The van der Waals surface area contributed by atoms with E-state index in [1.807, 2.05) is 24.4 Å². The van der Waals surface area contributed by atoms with Gasteiger partial charge in [-0.1, -0.05) is 24.3 Å². The van der Waals surface area contributed by atoms with E-state index in [9.17, 15) is 4.79 Å². The summed E-state index contributed by atoms with van der Waals surface area (Å²) in [5, 5.41) is 0. The summed E-state index contributed by atoms with van der Waals surface area (Å²) in [7, 11) is 0. The lowest BCUT2D eigenvalue weighted by molar-refractivity contribution is 0.0946. The topological polar surface area (TPSA) is 32.9 Å². The Kier molecular flexibility index (Phi) is 2.56. The first-order chi connectivity index (χ1) is 8.36. The summed E-state index contributed by atoms with van der Waals surface area (Å²) in [6.45, 7) is 0. The molecule has 0 saturated carbocycles. The fourth-order valence-electron chi connectivity index (χ4n) is 2.70. The van der Waals surface area contributed by atoms with E-state index in [1.165, 1.54) is 11.1 Å². The summed E-state index contributed by atoms with van der Waals surface area (Å²) in [6, 6.07) is 12.1. The Morgan fingerprint density at radius 2 is 2.06 bits per heavy atom. The molecule has 1 aromatic heterocycles. The first-order valence-corrected chi connectivity index (χ1v) is 6.11. The van der Waals surface area contributed by atoms with Crippen LogP contribution in [0.1, 0.15) is 40.4 Å². The van der Waals surface area contributed by atoms with Gasteiger partial charge in [-0.25, -0.2) is 0 Å². The molecule has 0 radical (unpaired) electrons. The minimum Gasteiger partial charge on any atom is -0.359 e. The van der Waals surface area contributed by atoms with Gasteiger partial charge in [-0.05, 0) is 42.5 Å². The Morgan fingerprint density at radius 3 is 2.88 bits per heavy atom. The highest BCUT2D eigenvalue weighted by Crippen LogP contribution is 2.33. The third-order valence-electron chi connectivity index (χ3n) is 3.55. The zero-order valence-corrected chi connectivity index (χ0v) is 9.65. The van der Waals surface area contributed by atoms with E-state index < -0.39 is 0 Å². The third kappa shape index (κ3) is 1.80. The van der Waals surface area contributed by atoms with Crippen LogP contribution in [0.5, 0.6) is 0 Å². The summed E-state index contributed by atoms with van der Waals surface area (Å²) in [5.41, 5.74) is 3.29. The Labute approximate surface area is 101 Å². The molecule has 1 heterocycles. The molecule has 0 bridgehead atoms. The molecule has 2 nitrogen and oxygen atoms in total. The number of benzene rings is 1. The minimum absolute atomic E-state index is 0.0404.